The molecule has 0 aromatic carbocycles. The molecule has 0 saturated carbocycles. The number of hydrogen-bond donors (Lipinski definition) is 2. The Labute approximate surface area is 281 Å². The van der Waals surface area contributed by atoms with Gasteiger partial charge in [0.1, 0.15) is 0 Å². The van der Waals surface area contributed by atoms with Crippen molar-refractivity contribution in [1.82, 2.24) is 4.90 Å². The first-order valence-corrected chi connectivity index (χ1v) is 19.7. The Balaban J connectivity index is 0.000000884. The average molecular weight is 632 g/mol. The van der Waals surface area contributed by atoms with Gasteiger partial charge in [0.15, 0.2) is 0 Å². The lowest BCUT2D eigenvalue weighted by molar-refractivity contribution is -0.137. The van der Waals surface area contributed by atoms with Crippen LogP contribution in [0.5, 0.6) is 0 Å². The fourth-order valence-corrected chi connectivity index (χ4v) is 5.86. The second-order valence-corrected chi connectivity index (χ2v) is 13.1. The molecule has 1 rings (SSSR count). The molecule has 0 aliphatic carbocycles. The van der Waals surface area contributed by atoms with E-state index >= 15 is 0 Å². The number of carboxylic acids is 1. The van der Waals surface area contributed by atoms with Crippen LogP contribution < -0.4 is 5.73 Å². The zero-order chi connectivity index (χ0) is 32.9. The van der Waals surface area contributed by atoms with Crippen LogP contribution in [-0.2, 0) is 4.79 Å². The molecule has 5 heteroatoms. The summed E-state index contributed by atoms with van der Waals surface area (Å²) in [5.74, 6) is 0.644. The van der Waals surface area contributed by atoms with Gasteiger partial charge in [0.25, 0.3) is 0 Å². The summed E-state index contributed by atoms with van der Waals surface area (Å²) in [6.07, 6.45) is 44.9. The zero-order valence-electron chi connectivity index (χ0n) is 30.3. The van der Waals surface area contributed by atoms with E-state index in [0.29, 0.717) is 6.42 Å². The van der Waals surface area contributed by atoms with Crippen LogP contribution >= 0.6 is 0 Å². The minimum atomic E-state index is -0.664. The molecule has 0 fully saturated rings. The molecule has 264 valence electrons. The lowest BCUT2D eigenvalue weighted by Gasteiger charge is -2.19. The van der Waals surface area contributed by atoms with Crippen LogP contribution in [0, 0.1) is 0 Å². The van der Waals surface area contributed by atoms with Crippen LogP contribution in [0.1, 0.15) is 194 Å². The van der Waals surface area contributed by atoms with Gasteiger partial charge in [0.05, 0.1) is 12.4 Å². The minimum absolute atomic E-state index is 0.332. The maximum absolute atomic E-state index is 10.3. The number of amidine groups is 1. The lowest BCUT2D eigenvalue weighted by atomic mass is 10.1. The van der Waals surface area contributed by atoms with Crippen LogP contribution in [0.25, 0.3) is 0 Å². The summed E-state index contributed by atoms with van der Waals surface area (Å²) < 4.78 is 0. The monoisotopic (exact) mass is 632 g/mol. The molecule has 0 bridgehead atoms. The fourth-order valence-electron chi connectivity index (χ4n) is 5.86. The highest BCUT2D eigenvalue weighted by molar-refractivity contribution is 5.83. The van der Waals surface area contributed by atoms with Gasteiger partial charge < -0.3 is 15.7 Å². The molecule has 5 nitrogen and oxygen atoms in total. The summed E-state index contributed by atoms with van der Waals surface area (Å²) in [6.45, 7) is 8.31. The number of aliphatic carboxylic acids is 1. The molecule has 0 aromatic heterocycles. The third kappa shape index (κ3) is 33.6. The van der Waals surface area contributed by atoms with Crippen molar-refractivity contribution in [2.45, 2.75) is 194 Å². The van der Waals surface area contributed by atoms with Gasteiger partial charge in [0, 0.05) is 32.5 Å². The molecule has 0 amide bonds. The van der Waals surface area contributed by atoms with Gasteiger partial charge in [-0.3, -0.25) is 9.79 Å². The molecule has 3 N–H and O–H groups in total. The van der Waals surface area contributed by atoms with E-state index in [2.05, 4.69) is 48.0 Å². The molecule has 0 unspecified atom stereocenters. The first-order valence-electron chi connectivity index (χ1n) is 19.7. The SMILES string of the molecule is CCCCCCCC/C=C/CCCCCCCC(=O)O.CCCCCCCC/C=C/CCCCCCCC1=NCCN1CCN. The molecule has 1 aliphatic heterocycles. The Hall–Kier alpha value is -1.62. The van der Waals surface area contributed by atoms with Gasteiger partial charge in [0.2, 0.25) is 0 Å². The predicted octanol–water partition coefficient (Wildman–Crippen LogP) is 11.8. The van der Waals surface area contributed by atoms with Gasteiger partial charge in [-0.15, -0.1) is 0 Å². The fraction of sp³-hybridized carbons (Fsp3) is 0.850. The van der Waals surface area contributed by atoms with Crippen LogP contribution in [0.2, 0.25) is 0 Å². The molecule has 0 saturated heterocycles. The van der Waals surface area contributed by atoms with Gasteiger partial charge in [-0.1, -0.05) is 141 Å². The van der Waals surface area contributed by atoms with Crippen molar-refractivity contribution in [1.29, 1.82) is 0 Å². The van der Waals surface area contributed by atoms with Crippen molar-refractivity contribution in [3.8, 4) is 0 Å². The summed E-state index contributed by atoms with van der Waals surface area (Å²) in [7, 11) is 0. The largest absolute Gasteiger partial charge is 0.481 e. The molecule has 0 aromatic rings. The molecule has 0 atom stereocenters. The number of unbranched alkanes of at least 4 members (excludes halogenated alkanes) is 22. The van der Waals surface area contributed by atoms with E-state index in [0.717, 1.165) is 45.4 Å². The molecule has 1 heterocycles. The number of nitrogens with two attached hydrogens (primary N) is 1. The van der Waals surface area contributed by atoms with E-state index in [1.165, 1.54) is 160 Å². The van der Waals surface area contributed by atoms with Crippen molar-refractivity contribution < 1.29 is 9.90 Å². The third-order valence-electron chi connectivity index (χ3n) is 8.74. The van der Waals surface area contributed by atoms with Crippen LogP contribution in [-0.4, -0.2) is 48.0 Å². The van der Waals surface area contributed by atoms with Crippen LogP contribution in [0.3, 0.4) is 0 Å². The Bertz CT molecular complexity index is 704. The normalized spacial score (nSPS) is 13.1. The summed E-state index contributed by atoms with van der Waals surface area (Å²) in [5.41, 5.74) is 5.65. The molecule has 0 radical (unpaired) electrons. The zero-order valence-corrected chi connectivity index (χ0v) is 30.3. The maximum Gasteiger partial charge on any atom is 0.303 e. The lowest BCUT2D eigenvalue weighted by Crippen LogP contribution is -2.32. The van der Waals surface area contributed by atoms with E-state index in [1.54, 1.807) is 0 Å². The van der Waals surface area contributed by atoms with Crippen molar-refractivity contribution in [3.05, 3.63) is 24.3 Å². The molecular weight excluding hydrogens is 554 g/mol. The third-order valence-corrected chi connectivity index (χ3v) is 8.74. The van der Waals surface area contributed by atoms with E-state index < -0.39 is 5.97 Å². The maximum atomic E-state index is 10.3. The number of nitrogens with zero attached hydrogens (tertiary/aromatic N) is 2. The first-order chi connectivity index (χ1) is 22.2. The topological polar surface area (TPSA) is 78.9 Å². The van der Waals surface area contributed by atoms with Crippen molar-refractivity contribution in [3.63, 3.8) is 0 Å². The number of allylic oxidation sites excluding steroid dienone is 4. The molecular formula is C40H77N3O2. The Morgan fingerprint density at radius 1 is 0.644 bits per heavy atom. The Kier molecular flexibility index (Phi) is 35.5. The molecule has 45 heavy (non-hydrogen) atoms. The van der Waals surface area contributed by atoms with Crippen molar-refractivity contribution >= 4 is 11.8 Å². The standard InChI is InChI=1S/C22H43N3.C18H34O2/c1-2-3-4-5-6-7-8-9-10-11-12-13-14-15-16-17-22-24-19-21-25(22)20-18-23;1-2-3-4-5-6-7-8-9-10-11-12-13-14-15-16-17-18(19)20/h9-10H,2-8,11-21,23H2,1H3;9-10H,2-8,11-17H2,1H3,(H,19,20)/b2*10-9+. The molecule has 1 aliphatic rings. The summed E-state index contributed by atoms with van der Waals surface area (Å²) >= 11 is 0. The number of aliphatic imine (C=N–C) groups is 1. The van der Waals surface area contributed by atoms with Crippen LogP contribution in [0.15, 0.2) is 29.3 Å². The van der Waals surface area contributed by atoms with E-state index in [-0.39, 0.29) is 0 Å². The number of carboxylic acid groups (broad SMARTS) is 1. The van der Waals surface area contributed by atoms with Gasteiger partial charge >= 0.3 is 5.97 Å². The number of rotatable bonds is 32. The average Bonchev–Trinajstić information content (AvgIpc) is 3.48. The predicted molar refractivity (Wildman–Crippen MR) is 199 cm³/mol. The minimum Gasteiger partial charge on any atom is -0.481 e. The van der Waals surface area contributed by atoms with E-state index in [9.17, 15) is 4.79 Å². The summed E-state index contributed by atoms with van der Waals surface area (Å²) in [5, 5.41) is 8.51. The highest BCUT2D eigenvalue weighted by Crippen LogP contribution is 2.13. The summed E-state index contributed by atoms with van der Waals surface area (Å²) in [4.78, 5) is 17.3. The second kappa shape index (κ2) is 36.8. The smallest absolute Gasteiger partial charge is 0.303 e. The quantitative estimate of drug-likeness (QED) is 0.0572. The first kappa shape index (κ1) is 43.4. The Morgan fingerprint density at radius 2 is 1.04 bits per heavy atom. The highest BCUT2D eigenvalue weighted by atomic mass is 16.4. The van der Waals surface area contributed by atoms with E-state index in [4.69, 9.17) is 10.8 Å². The molecule has 0 spiro atoms. The van der Waals surface area contributed by atoms with E-state index in [1.807, 2.05) is 0 Å². The van der Waals surface area contributed by atoms with Gasteiger partial charge in [-0.05, 0) is 64.2 Å². The van der Waals surface area contributed by atoms with Crippen LogP contribution in [0.4, 0.5) is 0 Å². The second-order valence-electron chi connectivity index (χ2n) is 13.1. The highest BCUT2D eigenvalue weighted by Gasteiger charge is 2.14. The van der Waals surface area contributed by atoms with Crippen molar-refractivity contribution in [2.75, 3.05) is 26.2 Å². The Morgan fingerprint density at radius 3 is 1.47 bits per heavy atom. The van der Waals surface area contributed by atoms with Crippen molar-refractivity contribution in [2.24, 2.45) is 10.7 Å². The number of hydrogen-bond acceptors (Lipinski definition) is 4. The van der Waals surface area contributed by atoms with Gasteiger partial charge in [-0.25, -0.2) is 0 Å². The number of carbonyl (C=O) groups is 1. The van der Waals surface area contributed by atoms with Gasteiger partial charge in [-0.2, -0.15) is 0 Å². The summed E-state index contributed by atoms with van der Waals surface area (Å²) in [6, 6.07) is 0.